The number of carbonyl (C=O) groups is 1. The molecule has 1 saturated heterocycles. The number of piperidine rings is 1. The predicted octanol–water partition coefficient (Wildman–Crippen LogP) is 2.63. The first-order valence-electron chi connectivity index (χ1n) is 7.88. The van der Waals surface area contributed by atoms with E-state index in [9.17, 15) is 4.79 Å². The third-order valence-electron chi connectivity index (χ3n) is 4.56. The Morgan fingerprint density at radius 1 is 1.26 bits per heavy atom. The number of rotatable bonds is 5. The van der Waals surface area contributed by atoms with Crippen LogP contribution >= 0.6 is 0 Å². The number of nitrogens with zero attached hydrogens (tertiary/aromatic N) is 1. The van der Waals surface area contributed by atoms with Gasteiger partial charge in [-0.25, -0.2) is 4.79 Å². The quantitative estimate of drug-likeness (QED) is 0.833. The molecule has 0 radical (unpaired) electrons. The first kappa shape index (κ1) is 14.6. The van der Waals surface area contributed by atoms with Crippen molar-refractivity contribution in [3.63, 3.8) is 0 Å². The van der Waals surface area contributed by atoms with Crippen LogP contribution in [0.25, 0.3) is 0 Å². The number of likely N-dealkylation sites (tertiary alicyclic amines) is 1. The fourth-order valence-electron chi connectivity index (χ4n) is 3.04. The van der Waals surface area contributed by atoms with Crippen molar-refractivity contribution in [3.05, 3.63) is 0 Å². The van der Waals surface area contributed by atoms with Crippen molar-refractivity contribution < 1.29 is 9.53 Å². The minimum Gasteiger partial charge on any atom is -0.450 e. The summed E-state index contributed by atoms with van der Waals surface area (Å²) in [6.45, 7) is 7.33. The van der Waals surface area contributed by atoms with E-state index in [0.29, 0.717) is 18.6 Å². The summed E-state index contributed by atoms with van der Waals surface area (Å²) in [6, 6.07) is 0.448. The van der Waals surface area contributed by atoms with Crippen molar-refractivity contribution in [1.82, 2.24) is 10.2 Å². The maximum absolute atomic E-state index is 11.9. The second kappa shape index (κ2) is 7.13. The number of nitrogens with one attached hydrogen (secondary N) is 1. The van der Waals surface area contributed by atoms with E-state index in [1.165, 1.54) is 25.7 Å². The van der Waals surface area contributed by atoms with Crippen LogP contribution in [0.1, 0.15) is 46.0 Å². The molecule has 2 atom stereocenters. The Labute approximate surface area is 116 Å². The molecule has 1 N–H and O–H groups in total. The van der Waals surface area contributed by atoms with Gasteiger partial charge < -0.3 is 15.0 Å². The van der Waals surface area contributed by atoms with Gasteiger partial charge in [0.2, 0.25) is 0 Å². The molecule has 1 saturated carbocycles. The molecule has 0 aromatic carbocycles. The summed E-state index contributed by atoms with van der Waals surface area (Å²) in [7, 11) is 0. The Morgan fingerprint density at radius 3 is 2.63 bits per heavy atom. The molecule has 1 aliphatic heterocycles. The largest absolute Gasteiger partial charge is 0.450 e. The van der Waals surface area contributed by atoms with Gasteiger partial charge in [-0.15, -0.1) is 0 Å². The van der Waals surface area contributed by atoms with Gasteiger partial charge in [0.1, 0.15) is 0 Å². The van der Waals surface area contributed by atoms with Crippen molar-refractivity contribution >= 4 is 6.09 Å². The van der Waals surface area contributed by atoms with E-state index >= 15 is 0 Å². The van der Waals surface area contributed by atoms with E-state index in [1.807, 2.05) is 11.8 Å². The fraction of sp³-hybridized carbons (Fsp3) is 0.933. The zero-order chi connectivity index (χ0) is 13.7. The molecule has 0 aromatic heterocycles. The Bertz CT molecular complexity index is 292. The van der Waals surface area contributed by atoms with Crippen LogP contribution in [0.15, 0.2) is 0 Å². The van der Waals surface area contributed by atoms with Crippen LogP contribution in [-0.4, -0.2) is 43.3 Å². The molecule has 2 rings (SSSR count). The Kier molecular flexibility index (Phi) is 5.49. The standard InChI is InChI=1S/C15H28N2O2/c1-3-12-8-14(16-9-13-6-5-7-13)11-17(10-12)15(18)19-4-2/h12-14,16H,3-11H2,1-2H3. The lowest BCUT2D eigenvalue weighted by molar-refractivity contribution is 0.0768. The number of ether oxygens (including phenoxy) is 1. The average molecular weight is 268 g/mol. The van der Waals surface area contributed by atoms with Gasteiger partial charge in [-0.05, 0) is 44.6 Å². The summed E-state index contributed by atoms with van der Waals surface area (Å²) < 4.78 is 5.14. The molecular formula is C15H28N2O2. The molecule has 1 amide bonds. The van der Waals surface area contributed by atoms with E-state index in [0.717, 1.165) is 32.0 Å². The molecule has 2 fully saturated rings. The Hall–Kier alpha value is -0.770. The third kappa shape index (κ3) is 4.10. The van der Waals surface area contributed by atoms with Gasteiger partial charge in [0.15, 0.2) is 0 Å². The first-order valence-corrected chi connectivity index (χ1v) is 7.88. The van der Waals surface area contributed by atoms with Crippen molar-refractivity contribution in [2.24, 2.45) is 11.8 Å². The van der Waals surface area contributed by atoms with Crippen LogP contribution in [0.2, 0.25) is 0 Å². The number of amides is 1. The molecule has 4 heteroatoms. The monoisotopic (exact) mass is 268 g/mol. The van der Waals surface area contributed by atoms with E-state index in [-0.39, 0.29) is 6.09 Å². The highest BCUT2D eigenvalue weighted by molar-refractivity contribution is 5.67. The molecule has 1 heterocycles. The molecule has 0 spiro atoms. The Morgan fingerprint density at radius 2 is 2.05 bits per heavy atom. The normalized spacial score (nSPS) is 28.0. The molecule has 1 aliphatic carbocycles. The second-order valence-electron chi connectivity index (χ2n) is 6.02. The zero-order valence-electron chi connectivity index (χ0n) is 12.4. The second-order valence-corrected chi connectivity index (χ2v) is 6.02. The van der Waals surface area contributed by atoms with Crippen molar-refractivity contribution in [2.45, 2.75) is 52.0 Å². The number of carbonyl (C=O) groups excluding carboxylic acids is 1. The van der Waals surface area contributed by atoms with Crippen LogP contribution in [-0.2, 0) is 4.74 Å². The molecule has 2 unspecified atom stereocenters. The Balaban J connectivity index is 1.81. The molecule has 2 aliphatic rings. The van der Waals surface area contributed by atoms with Gasteiger partial charge in [0.05, 0.1) is 6.61 Å². The van der Waals surface area contributed by atoms with Crippen molar-refractivity contribution in [2.75, 3.05) is 26.2 Å². The summed E-state index contributed by atoms with van der Waals surface area (Å²) in [5.41, 5.74) is 0. The topological polar surface area (TPSA) is 41.6 Å². The molecule has 19 heavy (non-hydrogen) atoms. The van der Waals surface area contributed by atoms with Crippen LogP contribution in [0, 0.1) is 11.8 Å². The molecular weight excluding hydrogens is 240 g/mol. The zero-order valence-corrected chi connectivity index (χ0v) is 12.4. The van der Waals surface area contributed by atoms with Crippen LogP contribution < -0.4 is 5.32 Å². The van der Waals surface area contributed by atoms with Gasteiger partial charge in [-0.3, -0.25) is 0 Å². The maximum atomic E-state index is 11.9. The summed E-state index contributed by atoms with van der Waals surface area (Å²) >= 11 is 0. The van der Waals surface area contributed by atoms with Gasteiger partial charge in [-0.1, -0.05) is 19.8 Å². The van der Waals surface area contributed by atoms with Crippen molar-refractivity contribution in [3.8, 4) is 0 Å². The SMILES string of the molecule is CCOC(=O)N1CC(CC)CC(NCC2CCC2)C1. The minimum absolute atomic E-state index is 0.143. The average Bonchev–Trinajstić information content (AvgIpc) is 2.37. The van der Waals surface area contributed by atoms with Crippen molar-refractivity contribution in [1.29, 1.82) is 0 Å². The highest BCUT2D eigenvalue weighted by Gasteiger charge is 2.30. The lowest BCUT2D eigenvalue weighted by Gasteiger charge is -2.38. The van der Waals surface area contributed by atoms with Gasteiger partial charge >= 0.3 is 6.09 Å². The third-order valence-corrected chi connectivity index (χ3v) is 4.56. The number of hydrogen-bond acceptors (Lipinski definition) is 3. The first-order chi connectivity index (χ1) is 9.22. The lowest BCUT2D eigenvalue weighted by atomic mass is 9.85. The summed E-state index contributed by atoms with van der Waals surface area (Å²) in [5.74, 6) is 1.48. The summed E-state index contributed by atoms with van der Waals surface area (Å²) in [6.07, 6.45) is 6.33. The van der Waals surface area contributed by atoms with E-state index in [1.54, 1.807) is 0 Å². The highest BCUT2D eigenvalue weighted by atomic mass is 16.6. The van der Waals surface area contributed by atoms with E-state index in [2.05, 4.69) is 12.2 Å². The van der Waals surface area contributed by atoms with Crippen LogP contribution in [0.5, 0.6) is 0 Å². The smallest absolute Gasteiger partial charge is 0.409 e. The lowest BCUT2D eigenvalue weighted by Crippen LogP contribution is -2.52. The fourth-order valence-corrected chi connectivity index (χ4v) is 3.04. The summed E-state index contributed by atoms with van der Waals surface area (Å²) in [5, 5.41) is 3.67. The number of hydrogen-bond donors (Lipinski definition) is 1. The minimum atomic E-state index is -0.143. The van der Waals surface area contributed by atoms with Crippen LogP contribution in [0.3, 0.4) is 0 Å². The van der Waals surface area contributed by atoms with Crippen LogP contribution in [0.4, 0.5) is 4.79 Å². The molecule has 110 valence electrons. The molecule has 4 nitrogen and oxygen atoms in total. The summed E-state index contributed by atoms with van der Waals surface area (Å²) in [4.78, 5) is 13.8. The maximum Gasteiger partial charge on any atom is 0.409 e. The predicted molar refractivity (Wildman–Crippen MR) is 76.1 cm³/mol. The highest BCUT2D eigenvalue weighted by Crippen LogP contribution is 2.26. The van der Waals surface area contributed by atoms with Gasteiger partial charge in [0.25, 0.3) is 0 Å². The molecule has 0 aromatic rings. The molecule has 0 bridgehead atoms. The van der Waals surface area contributed by atoms with E-state index in [4.69, 9.17) is 4.74 Å². The van der Waals surface area contributed by atoms with Gasteiger partial charge in [-0.2, -0.15) is 0 Å². The van der Waals surface area contributed by atoms with E-state index < -0.39 is 0 Å². The van der Waals surface area contributed by atoms with Gasteiger partial charge in [0, 0.05) is 19.1 Å².